The van der Waals surface area contributed by atoms with Crippen LogP contribution < -0.4 is 0 Å². The Morgan fingerprint density at radius 1 is 0.583 bits per heavy atom. The van der Waals surface area contributed by atoms with E-state index in [4.69, 9.17) is 0 Å². The predicted molar refractivity (Wildman–Crippen MR) is 50.9 cm³/mol. The number of fused-ring (bicyclic) bond motifs is 1. The van der Waals surface area contributed by atoms with Crippen LogP contribution in [0.4, 0.5) is 0 Å². The molecule has 0 amide bonds. The summed E-state index contributed by atoms with van der Waals surface area (Å²) in [5.74, 6) is 4.79. The lowest BCUT2D eigenvalue weighted by Crippen LogP contribution is -2.48. The van der Waals surface area contributed by atoms with Gasteiger partial charge in [-0.1, -0.05) is 32.1 Å². The molecule has 0 aromatic heterocycles. The van der Waals surface area contributed by atoms with Gasteiger partial charge in [-0.2, -0.15) is 0 Å². The maximum absolute atomic E-state index is 1.62. The van der Waals surface area contributed by atoms with Crippen molar-refractivity contribution in [1.82, 2.24) is 0 Å². The van der Waals surface area contributed by atoms with Gasteiger partial charge in [-0.25, -0.2) is 0 Å². The minimum atomic E-state index is 1.17. The molecule has 3 saturated carbocycles. The summed E-state index contributed by atoms with van der Waals surface area (Å²) in [5.41, 5.74) is 0. The zero-order valence-corrected chi connectivity index (χ0v) is 7.97. The third kappa shape index (κ3) is 0.963. The van der Waals surface area contributed by atoms with Gasteiger partial charge in [0, 0.05) is 0 Å². The molecule has 3 aliphatic rings. The van der Waals surface area contributed by atoms with Crippen molar-refractivity contribution in [2.45, 2.75) is 51.4 Å². The van der Waals surface area contributed by atoms with E-state index in [1.807, 2.05) is 0 Å². The lowest BCUT2D eigenvalue weighted by atomic mass is 9.49. The van der Waals surface area contributed by atoms with Crippen LogP contribution in [0.3, 0.4) is 0 Å². The van der Waals surface area contributed by atoms with Crippen LogP contribution in [0.1, 0.15) is 51.4 Å². The van der Waals surface area contributed by atoms with Crippen LogP contribution in [0.2, 0.25) is 0 Å². The Morgan fingerprint density at radius 3 is 1.92 bits per heavy atom. The smallest absolute Gasteiger partial charge is 0.0352 e. The van der Waals surface area contributed by atoms with E-state index in [0.717, 1.165) is 0 Å². The molecule has 0 aromatic carbocycles. The molecule has 0 heteroatoms. The average molecular weight is 164 g/mol. The van der Waals surface area contributed by atoms with Crippen molar-refractivity contribution in [2.24, 2.45) is 23.7 Å². The van der Waals surface area contributed by atoms with E-state index in [2.05, 4.69) is 0 Å². The zero-order valence-electron chi connectivity index (χ0n) is 7.97. The van der Waals surface area contributed by atoms with Crippen molar-refractivity contribution >= 4 is 0 Å². The maximum atomic E-state index is 1.62. The van der Waals surface area contributed by atoms with Crippen LogP contribution in [0.15, 0.2) is 0 Å². The Balaban J connectivity index is 1.58. The summed E-state index contributed by atoms with van der Waals surface area (Å²) in [6, 6.07) is 0. The summed E-state index contributed by atoms with van der Waals surface area (Å²) in [6.45, 7) is 0. The van der Waals surface area contributed by atoms with Gasteiger partial charge in [0.25, 0.3) is 0 Å². The second-order valence-corrected chi connectivity index (χ2v) is 5.30. The molecule has 0 aromatic rings. The van der Waals surface area contributed by atoms with Gasteiger partial charge >= 0.3 is 0 Å². The Morgan fingerprint density at radius 2 is 1.42 bits per heavy atom. The molecule has 0 saturated heterocycles. The SMILES string of the molecule is C1CCC(C2CC3CCC32)CC1. The normalized spacial score (nSPS) is 47.5. The molecule has 0 aliphatic heterocycles. The van der Waals surface area contributed by atoms with E-state index in [0.29, 0.717) is 0 Å². The van der Waals surface area contributed by atoms with E-state index in [-0.39, 0.29) is 0 Å². The van der Waals surface area contributed by atoms with Crippen LogP contribution in [-0.4, -0.2) is 0 Å². The van der Waals surface area contributed by atoms with E-state index >= 15 is 0 Å². The molecular weight excluding hydrogens is 144 g/mol. The summed E-state index contributed by atoms with van der Waals surface area (Å²) >= 11 is 0. The lowest BCUT2D eigenvalue weighted by Gasteiger charge is -2.56. The van der Waals surface area contributed by atoms with Gasteiger partial charge in [-0.05, 0) is 42.9 Å². The van der Waals surface area contributed by atoms with Crippen LogP contribution in [0.5, 0.6) is 0 Å². The van der Waals surface area contributed by atoms with Crippen molar-refractivity contribution < 1.29 is 0 Å². The Bertz CT molecular complexity index is 164. The molecule has 3 fully saturated rings. The molecule has 0 bridgehead atoms. The average Bonchev–Trinajstić information content (AvgIpc) is 2.11. The number of hydrogen-bond donors (Lipinski definition) is 0. The molecule has 12 heavy (non-hydrogen) atoms. The van der Waals surface area contributed by atoms with Crippen molar-refractivity contribution in [2.75, 3.05) is 0 Å². The molecule has 3 atom stereocenters. The fourth-order valence-electron chi connectivity index (χ4n) is 3.88. The summed E-state index contributed by atoms with van der Waals surface area (Å²) in [6.07, 6.45) is 12.5. The lowest BCUT2D eigenvalue weighted by molar-refractivity contribution is -0.0661. The topological polar surface area (TPSA) is 0 Å². The van der Waals surface area contributed by atoms with Crippen LogP contribution in [-0.2, 0) is 0 Å². The van der Waals surface area contributed by atoms with Crippen molar-refractivity contribution in [1.29, 1.82) is 0 Å². The Hall–Kier alpha value is 0. The molecule has 0 N–H and O–H groups in total. The van der Waals surface area contributed by atoms with Crippen molar-refractivity contribution in [3.05, 3.63) is 0 Å². The third-order valence-corrected chi connectivity index (χ3v) is 4.86. The Labute approximate surface area is 75.7 Å². The van der Waals surface area contributed by atoms with Gasteiger partial charge in [0.15, 0.2) is 0 Å². The van der Waals surface area contributed by atoms with Crippen LogP contribution >= 0.6 is 0 Å². The first-order chi connectivity index (χ1) is 5.95. The van der Waals surface area contributed by atoms with Gasteiger partial charge in [0.05, 0.1) is 0 Å². The van der Waals surface area contributed by atoms with E-state index < -0.39 is 0 Å². The monoisotopic (exact) mass is 164 g/mol. The van der Waals surface area contributed by atoms with E-state index in [1.54, 1.807) is 44.9 Å². The van der Waals surface area contributed by atoms with E-state index in [9.17, 15) is 0 Å². The molecule has 0 spiro atoms. The molecule has 3 unspecified atom stereocenters. The predicted octanol–water partition coefficient (Wildman–Crippen LogP) is 3.61. The summed E-state index contributed by atoms with van der Waals surface area (Å²) in [5, 5.41) is 0. The van der Waals surface area contributed by atoms with Gasteiger partial charge in [-0.15, -0.1) is 0 Å². The molecule has 68 valence electrons. The first-order valence-electron chi connectivity index (χ1n) is 5.95. The minimum Gasteiger partial charge on any atom is -0.0533 e. The first kappa shape index (κ1) is 7.41. The van der Waals surface area contributed by atoms with Crippen LogP contribution in [0, 0.1) is 23.7 Å². The second kappa shape index (κ2) is 2.75. The van der Waals surface area contributed by atoms with Gasteiger partial charge < -0.3 is 0 Å². The molecule has 3 aliphatic carbocycles. The Kier molecular flexibility index (Phi) is 1.70. The van der Waals surface area contributed by atoms with E-state index in [1.165, 1.54) is 30.1 Å². The molecule has 0 nitrogen and oxygen atoms in total. The zero-order chi connectivity index (χ0) is 7.97. The summed E-state index contributed by atoms with van der Waals surface area (Å²) < 4.78 is 0. The second-order valence-electron chi connectivity index (χ2n) is 5.30. The minimum absolute atomic E-state index is 1.17. The third-order valence-electron chi connectivity index (χ3n) is 4.86. The highest BCUT2D eigenvalue weighted by Gasteiger charge is 2.49. The van der Waals surface area contributed by atoms with Crippen molar-refractivity contribution in [3.8, 4) is 0 Å². The quantitative estimate of drug-likeness (QED) is 0.555. The summed E-state index contributed by atoms with van der Waals surface area (Å²) in [4.78, 5) is 0. The molecule has 0 radical (unpaired) electrons. The van der Waals surface area contributed by atoms with Gasteiger partial charge in [0.1, 0.15) is 0 Å². The number of hydrogen-bond acceptors (Lipinski definition) is 0. The van der Waals surface area contributed by atoms with Crippen LogP contribution in [0.25, 0.3) is 0 Å². The van der Waals surface area contributed by atoms with Crippen molar-refractivity contribution in [3.63, 3.8) is 0 Å². The largest absolute Gasteiger partial charge is 0.0533 e. The maximum Gasteiger partial charge on any atom is -0.0352 e. The first-order valence-corrected chi connectivity index (χ1v) is 5.95. The molecule has 3 rings (SSSR count). The standard InChI is InChI=1S/C12H20/c1-2-4-9(5-3-1)12-8-10-6-7-11(10)12/h9-12H,1-8H2. The molecule has 0 heterocycles. The fraction of sp³-hybridized carbons (Fsp3) is 1.00. The highest BCUT2D eigenvalue weighted by Crippen LogP contribution is 2.58. The van der Waals surface area contributed by atoms with Gasteiger partial charge in [0.2, 0.25) is 0 Å². The highest BCUT2D eigenvalue weighted by molar-refractivity contribution is 4.99. The summed E-state index contributed by atoms with van der Waals surface area (Å²) in [7, 11) is 0. The molecular formula is C12H20. The fourth-order valence-corrected chi connectivity index (χ4v) is 3.88. The highest BCUT2D eigenvalue weighted by atomic mass is 14.5. The number of rotatable bonds is 1. The van der Waals surface area contributed by atoms with Gasteiger partial charge in [-0.3, -0.25) is 0 Å².